The second kappa shape index (κ2) is 3.10. The van der Waals surface area contributed by atoms with Crippen molar-refractivity contribution in [1.82, 2.24) is 0 Å². The molecule has 0 bridgehead atoms. The average Bonchev–Trinajstić information content (AvgIpc) is 1.96. The molecule has 5 heteroatoms. The van der Waals surface area contributed by atoms with Crippen LogP contribution >= 0.6 is 15.9 Å². The molecule has 0 aromatic heterocycles. The Morgan fingerprint density at radius 3 is 2.58 bits per heavy atom. The van der Waals surface area contributed by atoms with Crippen molar-refractivity contribution in [3.05, 3.63) is 28.0 Å². The van der Waals surface area contributed by atoms with Crippen LogP contribution in [0.5, 0.6) is 0 Å². The normalized spacial score (nSPS) is 9.83. The van der Waals surface area contributed by atoms with Gasteiger partial charge in [-0.3, -0.25) is 4.79 Å². The molecular formula is C7H6BrFN2O. The molecule has 0 saturated heterocycles. The minimum atomic E-state index is -0.827. The summed E-state index contributed by atoms with van der Waals surface area (Å²) in [5, 5.41) is 0. The van der Waals surface area contributed by atoms with Crippen molar-refractivity contribution >= 4 is 27.5 Å². The molecule has 0 unspecified atom stereocenters. The van der Waals surface area contributed by atoms with E-state index in [1.807, 2.05) is 0 Å². The first-order valence-corrected chi connectivity index (χ1v) is 3.86. The molecule has 3 nitrogen and oxygen atoms in total. The third kappa shape index (κ3) is 1.55. The van der Waals surface area contributed by atoms with Gasteiger partial charge in [0, 0.05) is 10.2 Å². The Labute approximate surface area is 76.7 Å². The van der Waals surface area contributed by atoms with Crippen molar-refractivity contribution in [3.63, 3.8) is 0 Å². The van der Waals surface area contributed by atoms with E-state index in [1.165, 1.54) is 6.07 Å². The van der Waals surface area contributed by atoms with Crippen LogP contribution in [0.15, 0.2) is 16.6 Å². The standard InChI is InChI=1S/C7H6BrFN2O/c8-4-2-5(9)3(7(11)12)1-6(4)10/h1-2H,10H2,(H2,11,12). The number of amides is 1. The summed E-state index contributed by atoms with van der Waals surface area (Å²) < 4.78 is 13.3. The lowest BCUT2D eigenvalue weighted by Crippen LogP contribution is -2.13. The molecule has 0 aliphatic rings. The molecule has 0 heterocycles. The molecule has 0 spiro atoms. The van der Waals surface area contributed by atoms with Gasteiger partial charge in [-0.1, -0.05) is 0 Å². The van der Waals surface area contributed by atoms with E-state index >= 15 is 0 Å². The smallest absolute Gasteiger partial charge is 0.251 e. The predicted octanol–water partition coefficient (Wildman–Crippen LogP) is 1.27. The lowest BCUT2D eigenvalue weighted by atomic mass is 10.2. The molecule has 0 atom stereocenters. The molecule has 1 amide bonds. The van der Waals surface area contributed by atoms with E-state index in [2.05, 4.69) is 15.9 Å². The molecule has 1 aromatic rings. The van der Waals surface area contributed by atoms with Crippen LogP contribution in [0.25, 0.3) is 0 Å². The summed E-state index contributed by atoms with van der Waals surface area (Å²) in [6, 6.07) is 2.30. The summed E-state index contributed by atoms with van der Waals surface area (Å²) in [5.41, 5.74) is 10.4. The van der Waals surface area contributed by atoms with Crippen molar-refractivity contribution < 1.29 is 9.18 Å². The van der Waals surface area contributed by atoms with E-state index < -0.39 is 11.7 Å². The van der Waals surface area contributed by atoms with Gasteiger partial charge in [0.25, 0.3) is 5.91 Å². The monoisotopic (exact) mass is 232 g/mol. The fraction of sp³-hybridized carbons (Fsp3) is 0. The zero-order chi connectivity index (χ0) is 9.30. The Morgan fingerprint density at radius 1 is 1.50 bits per heavy atom. The Balaban J connectivity index is 3.33. The van der Waals surface area contributed by atoms with Crippen molar-refractivity contribution in [2.45, 2.75) is 0 Å². The molecule has 12 heavy (non-hydrogen) atoms. The fourth-order valence-electron chi connectivity index (χ4n) is 0.755. The van der Waals surface area contributed by atoms with Crippen LogP contribution in [-0.4, -0.2) is 5.91 Å². The van der Waals surface area contributed by atoms with Gasteiger partial charge < -0.3 is 11.5 Å². The minimum absolute atomic E-state index is 0.198. The number of anilines is 1. The molecule has 1 rings (SSSR count). The fourth-order valence-corrected chi connectivity index (χ4v) is 1.07. The molecule has 0 radical (unpaired) electrons. The molecule has 0 fully saturated rings. The maximum atomic E-state index is 12.9. The van der Waals surface area contributed by atoms with E-state index in [0.717, 1.165) is 6.07 Å². The molecule has 0 saturated carbocycles. The number of nitrogens with two attached hydrogens (primary N) is 2. The highest BCUT2D eigenvalue weighted by atomic mass is 79.9. The number of carbonyl (C=O) groups excluding carboxylic acids is 1. The molecule has 0 aliphatic heterocycles. The SMILES string of the molecule is NC(=O)c1cc(N)c(Br)cc1F. The van der Waals surface area contributed by atoms with E-state index in [9.17, 15) is 9.18 Å². The first kappa shape index (κ1) is 8.99. The zero-order valence-corrected chi connectivity index (χ0v) is 7.56. The van der Waals surface area contributed by atoms with Gasteiger partial charge in [-0.25, -0.2) is 4.39 Å². The Bertz CT molecular complexity index is 340. The number of carbonyl (C=O) groups is 1. The number of benzene rings is 1. The quantitative estimate of drug-likeness (QED) is 0.717. The molecule has 1 aromatic carbocycles. The molecule has 64 valence electrons. The summed E-state index contributed by atoms with van der Waals surface area (Å²) in [6.07, 6.45) is 0. The van der Waals surface area contributed by atoms with Gasteiger partial charge in [-0.2, -0.15) is 0 Å². The van der Waals surface area contributed by atoms with Crippen molar-refractivity contribution in [2.24, 2.45) is 5.73 Å². The van der Waals surface area contributed by atoms with E-state index in [0.29, 0.717) is 4.47 Å². The molecular weight excluding hydrogens is 227 g/mol. The zero-order valence-electron chi connectivity index (χ0n) is 5.97. The van der Waals surface area contributed by atoms with E-state index in [4.69, 9.17) is 11.5 Å². The highest BCUT2D eigenvalue weighted by molar-refractivity contribution is 9.10. The molecule has 4 N–H and O–H groups in total. The van der Waals surface area contributed by atoms with Gasteiger partial charge in [0.1, 0.15) is 5.82 Å². The van der Waals surface area contributed by atoms with Crippen molar-refractivity contribution in [3.8, 4) is 0 Å². The van der Waals surface area contributed by atoms with Crippen LogP contribution in [0.1, 0.15) is 10.4 Å². The summed E-state index contributed by atoms with van der Waals surface area (Å²) in [4.78, 5) is 10.6. The van der Waals surface area contributed by atoms with Gasteiger partial charge in [0.2, 0.25) is 0 Å². The van der Waals surface area contributed by atoms with Crippen molar-refractivity contribution in [1.29, 1.82) is 0 Å². The van der Waals surface area contributed by atoms with Gasteiger partial charge in [-0.15, -0.1) is 0 Å². The van der Waals surface area contributed by atoms with Gasteiger partial charge in [0.15, 0.2) is 0 Å². The number of halogens is 2. The Hall–Kier alpha value is -1.10. The average molecular weight is 233 g/mol. The summed E-state index contributed by atoms with van der Waals surface area (Å²) in [6.45, 7) is 0. The van der Waals surface area contributed by atoms with Gasteiger partial charge in [-0.05, 0) is 28.1 Å². The first-order valence-electron chi connectivity index (χ1n) is 3.06. The van der Waals surface area contributed by atoms with E-state index in [-0.39, 0.29) is 11.3 Å². The number of hydrogen-bond donors (Lipinski definition) is 2. The second-order valence-corrected chi connectivity index (χ2v) is 3.07. The van der Waals surface area contributed by atoms with Crippen LogP contribution in [0.3, 0.4) is 0 Å². The summed E-state index contributed by atoms with van der Waals surface area (Å²) in [7, 11) is 0. The molecule has 0 aliphatic carbocycles. The number of rotatable bonds is 1. The maximum Gasteiger partial charge on any atom is 0.251 e. The van der Waals surface area contributed by atoms with Gasteiger partial charge >= 0.3 is 0 Å². The highest BCUT2D eigenvalue weighted by Gasteiger charge is 2.10. The lowest BCUT2D eigenvalue weighted by Gasteiger charge is -2.01. The third-order valence-corrected chi connectivity index (χ3v) is 2.04. The third-order valence-electron chi connectivity index (χ3n) is 1.35. The van der Waals surface area contributed by atoms with Crippen LogP contribution in [0.2, 0.25) is 0 Å². The first-order chi connectivity index (χ1) is 5.52. The van der Waals surface area contributed by atoms with Crippen LogP contribution < -0.4 is 11.5 Å². The minimum Gasteiger partial charge on any atom is -0.398 e. The summed E-state index contributed by atoms with van der Waals surface area (Å²) >= 11 is 3.01. The predicted molar refractivity (Wildman–Crippen MR) is 47.0 cm³/mol. The van der Waals surface area contributed by atoms with E-state index in [1.54, 1.807) is 0 Å². The maximum absolute atomic E-state index is 12.9. The van der Waals surface area contributed by atoms with Crippen LogP contribution in [0.4, 0.5) is 10.1 Å². The Morgan fingerprint density at radius 2 is 2.08 bits per heavy atom. The highest BCUT2D eigenvalue weighted by Crippen LogP contribution is 2.22. The van der Waals surface area contributed by atoms with Crippen LogP contribution in [0, 0.1) is 5.82 Å². The number of primary amides is 1. The van der Waals surface area contributed by atoms with Crippen LogP contribution in [-0.2, 0) is 0 Å². The Kier molecular flexibility index (Phi) is 2.32. The van der Waals surface area contributed by atoms with Gasteiger partial charge in [0.05, 0.1) is 5.56 Å². The summed E-state index contributed by atoms with van der Waals surface area (Å²) in [5.74, 6) is -1.50. The lowest BCUT2D eigenvalue weighted by molar-refractivity contribution is 0.0996. The largest absolute Gasteiger partial charge is 0.398 e. The van der Waals surface area contributed by atoms with Crippen molar-refractivity contribution in [2.75, 3.05) is 5.73 Å². The number of hydrogen-bond acceptors (Lipinski definition) is 2. The topological polar surface area (TPSA) is 69.1 Å². The number of nitrogen functional groups attached to an aromatic ring is 1. The second-order valence-electron chi connectivity index (χ2n) is 2.22.